The molecular formula is C13H17N3O5. The zero-order valence-corrected chi connectivity index (χ0v) is 11.7. The molecule has 3 amide bonds. The fraction of sp³-hybridized carbons (Fsp3) is 0.308. The average Bonchev–Trinajstić information content (AvgIpc) is 2.48. The van der Waals surface area contributed by atoms with E-state index in [1.54, 1.807) is 12.1 Å². The summed E-state index contributed by atoms with van der Waals surface area (Å²) in [6.45, 7) is 0.0106. The first-order valence-corrected chi connectivity index (χ1v) is 6.03. The molecule has 1 aromatic carbocycles. The largest absolute Gasteiger partial charge is 0.366 e. The molecule has 0 aliphatic heterocycles. The van der Waals surface area contributed by atoms with Crippen molar-refractivity contribution in [1.29, 1.82) is 0 Å². The van der Waals surface area contributed by atoms with Crippen molar-refractivity contribution in [3.63, 3.8) is 0 Å². The Hall–Kier alpha value is -2.45. The molecule has 8 heteroatoms. The topological polar surface area (TPSA) is 120 Å². The summed E-state index contributed by atoms with van der Waals surface area (Å²) in [5, 5.41) is 4.65. The first-order chi connectivity index (χ1) is 9.99. The summed E-state index contributed by atoms with van der Waals surface area (Å²) in [6, 6.07) is 6.11. The lowest BCUT2D eigenvalue weighted by Gasteiger charge is -2.14. The van der Waals surface area contributed by atoms with E-state index in [-0.39, 0.29) is 17.8 Å². The van der Waals surface area contributed by atoms with Gasteiger partial charge in [0.25, 0.3) is 5.91 Å². The first kappa shape index (κ1) is 16.6. The highest BCUT2D eigenvalue weighted by Crippen LogP contribution is 2.13. The number of carbonyl (C=O) groups excluding carboxylic acids is 3. The molecule has 0 fully saturated rings. The number of anilines is 1. The normalized spacial score (nSPS) is 10.2. The molecule has 0 spiro atoms. The number of hydrogen-bond donors (Lipinski definition) is 3. The Morgan fingerprint density at radius 1 is 1.14 bits per heavy atom. The van der Waals surface area contributed by atoms with Gasteiger partial charge in [0, 0.05) is 14.2 Å². The SMILES string of the molecule is COC(CNC(=O)C(=O)Nc1ccccc1C(N)=O)OC. The van der Waals surface area contributed by atoms with Gasteiger partial charge in [0.15, 0.2) is 6.29 Å². The van der Waals surface area contributed by atoms with Gasteiger partial charge >= 0.3 is 11.8 Å². The van der Waals surface area contributed by atoms with Crippen LogP contribution in [0, 0.1) is 0 Å². The minimum atomic E-state index is -0.922. The standard InChI is InChI=1S/C13H17N3O5/c1-20-10(21-2)7-15-12(18)13(19)16-9-6-4-3-5-8(9)11(14)17/h3-6,10H,7H2,1-2H3,(H2,14,17)(H,15,18)(H,16,19). The minimum Gasteiger partial charge on any atom is -0.366 e. The van der Waals surface area contributed by atoms with Crippen LogP contribution in [0.4, 0.5) is 5.69 Å². The molecule has 1 rings (SSSR count). The number of primary amides is 1. The molecule has 0 atom stereocenters. The first-order valence-electron chi connectivity index (χ1n) is 6.03. The molecule has 0 unspecified atom stereocenters. The van der Waals surface area contributed by atoms with E-state index in [1.165, 1.54) is 26.4 Å². The summed E-state index contributed by atoms with van der Waals surface area (Å²) in [4.78, 5) is 34.5. The van der Waals surface area contributed by atoms with Gasteiger partial charge in [-0.3, -0.25) is 14.4 Å². The molecule has 1 aromatic rings. The van der Waals surface area contributed by atoms with Crippen molar-refractivity contribution in [3.8, 4) is 0 Å². The number of carbonyl (C=O) groups is 3. The Balaban J connectivity index is 2.65. The van der Waals surface area contributed by atoms with Crippen molar-refractivity contribution in [2.45, 2.75) is 6.29 Å². The van der Waals surface area contributed by atoms with Gasteiger partial charge in [-0.1, -0.05) is 12.1 Å². The van der Waals surface area contributed by atoms with Crippen LogP contribution in [-0.2, 0) is 19.1 Å². The second-order valence-corrected chi connectivity index (χ2v) is 3.97. The van der Waals surface area contributed by atoms with Gasteiger partial charge in [0.2, 0.25) is 0 Å². The molecule has 8 nitrogen and oxygen atoms in total. The second-order valence-electron chi connectivity index (χ2n) is 3.97. The maximum atomic E-state index is 11.7. The smallest absolute Gasteiger partial charge is 0.313 e. The van der Waals surface area contributed by atoms with Crippen LogP contribution in [0.15, 0.2) is 24.3 Å². The Bertz CT molecular complexity index is 528. The predicted octanol–water partition coefficient (Wildman–Crippen LogP) is -0.541. The van der Waals surface area contributed by atoms with E-state index in [4.69, 9.17) is 15.2 Å². The molecule has 21 heavy (non-hydrogen) atoms. The van der Waals surface area contributed by atoms with Gasteiger partial charge in [-0.15, -0.1) is 0 Å². The van der Waals surface area contributed by atoms with E-state index in [9.17, 15) is 14.4 Å². The molecule has 4 N–H and O–H groups in total. The van der Waals surface area contributed by atoms with E-state index in [0.717, 1.165) is 0 Å². The van der Waals surface area contributed by atoms with Crippen LogP contribution in [0.25, 0.3) is 0 Å². The third kappa shape index (κ3) is 4.86. The molecule has 0 saturated heterocycles. The van der Waals surface area contributed by atoms with Crippen molar-refractivity contribution < 1.29 is 23.9 Å². The molecule has 0 aromatic heterocycles. The molecule has 0 saturated carbocycles. The van der Waals surface area contributed by atoms with Crippen LogP contribution >= 0.6 is 0 Å². The number of hydrogen-bond acceptors (Lipinski definition) is 5. The highest BCUT2D eigenvalue weighted by Gasteiger charge is 2.17. The number of benzene rings is 1. The third-order valence-electron chi connectivity index (χ3n) is 2.60. The number of amides is 3. The molecule has 0 aliphatic carbocycles. The van der Waals surface area contributed by atoms with Gasteiger partial charge in [-0.25, -0.2) is 0 Å². The van der Waals surface area contributed by atoms with E-state index in [1.807, 2.05) is 0 Å². The molecular weight excluding hydrogens is 278 g/mol. The van der Waals surface area contributed by atoms with Crippen LogP contribution in [0.2, 0.25) is 0 Å². The van der Waals surface area contributed by atoms with Crippen molar-refractivity contribution >= 4 is 23.4 Å². The summed E-state index contributed by atoms with van der Waals surface area (Å²) in [5.41, 5.74) is 5.46. The van der Waals surface area contributed by atoms with Crippen molar-refractivity contribution in [3.05, 3.63) is 29.8 Å². The lowest BCUT2D eigenvalue weighted by Crippen LogP contribution is -2.40. The third-order valence-corrected chi connectivity index (χ3v) is 2.60. The zero-order chi connectivity index (χ0) is 15.8. The highest BCUT2D eigenvalue weighted by molar-refractivity contribution is 6.40. The summed E-state index contributed by atoms with van der Waals surface area (Å²) >= 11 is 0. The lowest BCUT2D eigenvalue weighted by atomic mass is 10.1. The van der Waals surface area contributed by atoms with E-state index in [0.29, 0.717) is 0 Å². The zero-order valence-electron chi connectivity index (χ0n) is 11.7. The van der Waals surface area contributed by atoms with E-state index < -0.39 is 24.0 Å². The number of nitrogens with two attached hydrogens (primary N) is 1. The Kier molecular flexibility index (Phi) is 6.31. The van der Waals surface area contributed by atoms with Gasteiger partial charge in [0.05, 0.1) is 17.8 Å². The van der Waals surface area contributed by atoms with Gasteiger partial charge < -0.3 is 25.8 Å². The summed E-state index contributed by atoms with van der Waals surface area (Å²) in [6.07, 6.45) is -0.653. The van der Waals surface area contributed by atoms with Gasteiger partial charge in [0.1, 0.15) is 0 Å². The van der Waals surface area contributed by atoms with Crippen molar-refractivity contribution in [2.24, 2.45) is 5.73 Å². The van der Waals surface area contributed by atoms with Gasteiger partial charge in [-0.05, 0) is 12.1 Å². The Labute approximate surface area is 121 Å². The lowest BCUT2D eigenvalue weighted by molar-refractivity contribution is -0.139. The fourth-order valence-corrected chi connectivity index (χ4v) is 1.51. The minimum absolute atomic E-state index is 0.0106. The predicted molar refractivity (Wildman–Crippen MR) is 74.4 cm³/mol. The number of methoxy groups -OCH3 is 2. The van der Waals surface area contributed by atoms with Crippen molar-refractivity contribution in [2.75, 3.05) is 26.1 Å². The maximum absolute atomic E-state index is 11.7. The number of nitrogens with one attached hydrogen (secondary N) is 2. The highest BCUT2D eigenvalue weighted by atomic mass is 16.7. The van der Waals surface area contributed by atoms with Gasteiger partial charge in [-0.2, -0.15) is 0 Å². The molecule has 0 radical (unpaired) electrons. The Morgan fingerprint density at radius 3 is 2.33 bits per heavy atom. The molecule has 0 aliphatic rings. The molecule has 0 bridgehead atoms. The summed E-state index contributed by atoms with van der Waals surface area (Å²) in [7, 11) is 2.81. The van der Waals surface area contributed by atoms with Crippen LogP contribution in [0.3, 0.4) is 0 Å². The fourth-order valence-electron chi connectivity index (χ4n) is 1.51. The maximum Gasteiger partial charge on any atom is 0.313 e. The van der Waals surface area contributed by atoms with Crippen LogP contribution in [-0.4, -0.2) is 44.8 Å². The van der Waals surface area contributed by atoms with Crippen LogP contribution in [0.1, 0.15) is 10.4 Å². The number of rotatable bonds is 6. The summed E-state index contributed by atoms with van der Waals surface area (Å²) < 4.78 is 9.74. The number of ether oxygens (including phenoxy) is 2. The van der Waals surface area contributed by atoms with Crippen LogP contribution in [0.5, 0.6) is 0 Å². The second kappa shape index (κ2) is 7.98. The summed E-state index contributed by atoms with van der Waals surface area (Å²) in [5.74, 6) is -2.51. The van der Waals surface area contributed by atoms with Crippen LogP contribution < -0.4 is 16.4 Å². The number of para-hydroxylation sites is 1. The quantitative estimate of drug-likeness (QED) is 0.481. The average molecular weight is 295 g/mol. The molecule has 0 heterocycles. The van der Waals surface area contributed by atoms with Crippen molar-refractivity contribution in [1.82, 2.24) is 5.32 Å². The van der Waals surface area contributed by atoms with E-state index >= 15 is 0 Å². The monoisotopic (exact) mass is 295 g/mol. The Morgan fingerprint density at radius 2 is 1.76 bits per heavy atom. The van der Waals surface area contributed by atoms with E-state index in [2.05, 4.69) is 10.6 Å². The molecule has 114 valence electrons.